The number of hydrogen-bond acceptors (Lipinski definition) is 6. The zero-order valence-electron chi connectivity index (χ0n) is 15.3. The fourth-order valence-electron chi connectivity index (χ4n) is 2.46. The molecule has 0 heterocycles. The number of carbonyl (C=O) groups excluding carboxylic acids is 2. The minimum absolute atomic E-state index is 0.177. The Kier molecular flexibility index (Phi) is 12.1. The van der Waals surface area contributed by atoms with Crippen molar-refractivity contribution in [3.05, 3.63) is 35.4 Å². The lowest BCUT2D eigenvalue weighted by Crippen LogP contribution is -2.15. The van der Waals surface area contributed by atoms with Gasteiger partial charge < -0.3 is 19.7 Å². The van der Waals surface area contributed by atoms with Crippen LogP contribution in [-0.4, -0.2) is 48.6 Å². The predicted octanol–water partition coefficient (Wildman–Crippen LogP) is 3.11. The first kappa shape index (κ1) is 22.1. The SMILES string of the molecule is O=C(OCCCCCCO)c1ccccc1C(=O)OCCCCCCO. The molecule has 0 saturated heterocycles. The molecule has 0 radical (unpaired) electrons. The van der Waals surface area contributed by atoms with Crippen LogP contribution in [0.15, 0.2) is 24.3 Å². The van der Waals surface area contributed by atoms with Crippen molar-refractivity contribution in [2.24, 2.45) is 0 Å². The highest BCUT2D eigenvalue weighted by Gasteiger charge is 2.18. The van der Waals surface area contributed by atoms with Crippen LogP contribution in [0.3, 0.4) is 0 Å². The summed E-state index contributed by atoms with van der Waals surface area (Å²) in [6, 6.07) is 6.49. The maximum Gasteiger partial charge on any atom is 0.339 e. The van der Waals surface area contributed by atoms with Crippen molar-refractivity contribution in [2.75, 3.05) is 26.4 Å². The van der Waals surface area contributed by atoms with Crippen LogP contribution in [0.2, 0.25) is 0 Å². The van der Waals surface area contributed by atoms with Gasteiger partial charge in [-0.25, -0.2) is 9.59 Å². The van der Waals surface area contributed by atoms with E-state index in [4.69, 9.17) is 19.7 Å². The molecule has 0 bridgehead atoms. The summed E-state index contributed by atoms with van der Waals surface area (Å²) in [7, 11) is 0. The maximum atomic E-state index is 12.2. The van der Waals surface area contributed by atoms with E-state index < -0.39 is 11.9 Å². The van der Waals surface area contributed by atoms with Crippen LogP contribution < -0.4 is 0 Å². The van der Waals surface area contributed by atoms with E-state index in [-0.39, 0.29) is 24.3 Å². The van der Waals surface area contributed by atoms with Crippen molar-refractivity contribution in [3.8, 4) is 0 Å². The first-order valence-corrected chi connectivity index (χ1v) is 9.35. The maximum absolute atomic E-state index is 12.2. The molecule has 0 aliphatic heterocycles. The van der Waals surface area contributed by atoms with Crippen LogP contribution in [0, 0.1) is 0 Å². The van der Waals surface area contributed by atoms with Crippen molar-refractivity contribution in [2.45, 2.75) is 51.4 Å². The summed E-state index contributed by atoms with van der Waals surface area (Å²) in [6.07, 6.45) is 6.52. The predicted molar refractivity (Wildman–Crippen MR) is 98.1 cm³/mol. The Morgan fingerprint density at radius 3 is 1.42 bits per heavy atom. The van der Waals surface area contributed by atoms with Crippen molar-refractivity contribution in [3.63, 3.8) is 0 Å². The number of esters is 2. The van der Waals surface area contributed by atoms with E-state index in [0.29, 0.717) is 13.2 Å². The van der Waals surface area contributed by atoms with Gasteiger partial charge in [0.15, 0.2) is 0 Å². The van der Waals surface area contributed by atoms with Gasteiger partial charge in [0.1, 0.15) is 0 Å². The Bertz CT molecular complexity index is 482. The summed E-state index contributed by atoms with van der Waals surface area (Å²) in [6.45, 7) is 0.935. The van der Waals surface area contributed by atoms with E-state index in [2.05, 4.69) is 0 Å². The van der Waals surface area contributed by atoms with Crippen LogP contribution in [0.25, 0.3) is 0 Å². The number of unbranched alkanes of at least 4 members (excludes halogenated alkanes) is 6. The summed E-state index contributed by atoms with van der Waals surface area (Å²) in [5, 5.41) is 17.4. The van der Waals surface area contributed by atoms with Crippen LogP contribution in [-0.2, 0) is 9.47 Å². The summed E-state index contributed by atoms with van der Waals surface area (Å²) >= 11 is 0. The normalized spacial score (nSPS) is 10.5. The minimum atomic E-state index is -0.525. The molecule has 0 atom stereocenters. The van der Waals surface area contributed by atoms with Crippen molar-refractivity contribution in [1.29, 1.82) is 0 Å². The average molecular weight is 366 g/mol. The Morgan fingerprint density at radius 2 is 1.04 bits per heavy atom. The molecule has 0 aliphatic carbocycles. The lowest BCUT2D eigenvalue weighted by atomic mass is 10.1. The second-order valence-electron chi connectivity index (χ2n) is 6.09. The molecule has 0 fully saturated rings. The average Bonchev–Trinajstić information content (AvgIpc) is 2.67. The van der Waals surface area contributed by atoms with Gasteiger partial charge in [-0.05, 0) is 50.7 Å². The molecule has 0 aliphatic rings. The van der Waals surface area contributed by atoms with Crippen molar-refractivity contribution < 1.29 is 29.3 Å². The third-order valence-electron chi connectivity index (χ3n) is 3.94. The standard InChI is InChI=1S/C20H30O6/c21-13-7-1-3-9-15-25-19(23)17-11-5-6-12-18(17)20(24)26-16-10-4-2-8-14-22/h5-6,11-12,21-22H,1-4,7-10,13-16H2. The molecule has 6 nitrogen and oxygen atoms in total. The molecule has 1 rings (SSSR count). The van der Waals surface area contributed by atoms with Gasteiger partial charge >= 0.3 is 11.9 Å². The molecule has 0 spiro atoms. The van der Waals surface area contributed by atoms with E-state index in [0.717, 1.165) is 51.4 Å². The number of benzene rings is 1. The summed E-state index contributed by atoms with van der Waals surface area (Å²) in [5.74, 6) is -1.05. The number of aliphatic hydroxyl groups is 2. The molecule has 1 aromatic rings. The fraction of sp³-hybridized carbons (Fsp3) is 0.600. The molecule has 0 aromatic heterocycles. The molecule has 0 amide bonds. The number of aliphatic hydroxyl groups excluding tert-OH is 2. The fourth-order valence-corrected chi connectivity index (χ4v) is 2.46. The molecule has 0 saturated carbocycles. The molecule has 2 N–H and O–H groups in total. The second kappa shape index (κ2) is 14.3. The van der Waals surface area contributed by atoms with E-state index in [9.17, 15) is 9.59 Å². The summed E-state index contributed by atoms with van der Waals surface area (Å²) in [5.41, 5.74) is 0.432. The van der Waals surface area contributed by atoms with Gasteiger partial charge in [-0.1, -0.05) is 25.0 Å². The molecular weight excluding hydrogens is 336 g/mol. The first-order chi connectivity index (χ1) is 12.7. The first-order valence-electron chi connectivity index (χ1n) is 9.35. The van der Waals surface area contributed by atoms with Gasteiger partial charge in [0, 0.05) is 13.2 Å². The number of ether oxygens (including phenoxy) is 2. The monoisotopic (exact) mass is 366 g/mol. The Morgan fingerprint density at radius 1 is 0.654 bits per heavy atom. The van der Waals surface area contributed by atoms with Gasteiger partial charge in [0.05, 0.1) is 24.3 Å². The number of rotatable bonds is 14. The van der Waals surface area contributed by atoms with Gasteiger partial charge in [-0.15, -0.1) is 0 Å². The largest absolute Gasteiger partial charge is 0.462 e. The molecule has 0 unspecified atom stereocenters. The zero-order chi connectivity index (χ0) is 19.0. The van der Waals surface area contributed by atoms with E-state index >= 15 is 0 Å². The van der Waals surface area contributed by atoms with Gasteiger partial charge in [-0.3, -0.25) is 0 Å². The second-order valence-corrected chi connectivity index (χ2v) is 6.09. The quantitative estimate of drug-likeness (QED) is 0.388. The molecular formula is C20H30O6. The Balaban J connectivity index is 2.42. The highest BCUT2D eigenvalue weighted by Crippen LogP contribution is 2.13. The topological polar surface area (TPSA) is 93.1 Å². The Labute approximate surface area is 155 Å². The van der Waals surface area contributed by atoms with Gasteiger partial charge in [0.2, 0.25) is 0 Å². The van der Waals surface area contributed by atoms with Crippen LogP contribution in [0.1, 0.15) is 72.1 Å². The highest BCUT2D eigenvalue weighted by atomic mass is 16.5. The van der Waals surface area contributed by atoms with Crippen LogP contribution in [0.5, 0.6) is 0 Å². The van der Waals surface area contributed by atoms with Crippen LogP contribution in [0.4, 0.5) is 0 Å². The summed E-state index contributed by atoms with van der Waals surface area (Å²) < 4.78 is 10.5. The van der Waals surface area contributed by atoms with E-state index in [1.54, 1.807) is 24.3 Å². The lowest BCUT2D eigenvalue weighted by Gasteiger charge is -2.10. The number of hydrogen-bond donors (Lipinski definition) is 2. The minimum Gasteiger partial charge on any atom is -0.462 e. The van der Waals surface area contributed by atoms with E-state index in [1.165, 1.54) is 0 Å². The molecule has 1 aromatic carbocycles. The summed E-state index contributed by atoms with van der Waals surface area (Å²) in [4.78, 5) is 24.4. The van der Waals surface area contributed by atoms with Crippen LogP contribution >= 0.6 is 0 Å². The third kappa shape index (κ3) is 8.97. The van der Waals surface area contributed by atoms with Crippen molar-refractivity contribution >= 4 is 11.9 Å². The molecule has 146 valence electrons. The molecule has 6 heteroatoms. The highest BCUT2D eigenvalue weighted by molar-refractivity contribution is 6.03. The lowest BCUT2D eigenvalue weighted by molar-refractivity contribution is 0.0450. The van der Waals surface area contributed by atoms with Gasteiger partial charge in [-0.2, -0.15) is 0 Å². The smallest absolute Gasteiger partial charge is 0.339 e. The Hall–Kier alpha value is -1.92. The third-order valence-corrected chi connectivity index (χ3v) is 3.94. The molecule has 26 heavy (non-hydrogen) atoms. The van der Waals surface area contributed by atoms with Crippen molar-refractivity contribution in [1.82, 2.24) is 0 Å². The van der Waals surface area contributed by atoms with E-state index in [1.807, 2.05) is 0 Å². The van der Waals surface area contributed by atoms with Gasteiger partial charge in [0.25, 0.3) is 0 Å². The zero-order valence-corrected chi connectivity index (χ0v) is 15.3. The number of carbonyl (C=O) groups is 2.